The lowest BCUT2D eigenvalue weighted by Gasteiger charge is -2.25. The maximum atomic E-state index is 11.8. The Morgan fingerprint density at radius 1 is 1.28 bits per heavy atom. The number of carbonyl (C=O) groups is 3. The second-order valence-corrected chi connectivity index (χ2v) is 5.29. The van der Waals surface area contributed by atoms with E-state index in [4.69, 9.17) is 5.11 Å². The first-order valence-corrected chi connectivity index (χ1v) is 5.84. The fourth-order valence-electron chi connectivity index (χ4n) is 1.23. The van der Waals surface area contributed by atoms with Gasteiger partial charge in [-0.25, -0.2) is 0 Å². The highest BCUT2D eigenvalue weighted by Gasteiger charge is 2.38. The molecule has 0 heterocycles. The molecule has 0 radical (unpaired) electrons. The van der Waals surface area contributed by atoms with E-state index in [2.05, 4.69) is 5.32 Å². The first-order chi connectivity index (χ1) is 8.09. The number of carbonyl (C=O) groups excluding carboxylic acids is 2. The van der Waals surface area contributed by atoms with E-state index >= 15 is 0 Å². The molecule has 6 heteroatoms. The highest BCUT2D eigenvalue weighted by molar-refractivity contribution is 6.01. The fraction of sp³-hybridized carbons (Fsp3) is 0.750. The molecule has 2 N–H and O–H groups in total. The SMILES string of the molecule is CC(C)CNC(=O)CN(C)C(=O)C(C)(C)C(=O)O. The Morgan fingerprint density at radius 3 is 2.17 bits per heavy atom. The van der Waals surface area contributed by atoms with Crippen LogP contribution >= 0.6 is 0 Å². The summed E-state index contributed by atoms with van der Waals surface area (Å²) in [6.45, 7) is 6.96. The van der Waals surface area contributed by atoms with Gasteiger partial charge >= 0.3 is 5.97 Å². The third kappa shape index (κ3) is 4.73. The van der Waals surface area contributed by atoms with Gasteiger partial charge in [-0.1, -0.05) is 13.8 Å². The highest BCUT2D eigenvalue weighted by Crippen LogP contribution is 2.18. The van der Waals surface area contributed by atoms with E-state index in [0.29, 0.717) is 12.5 Å². The van der Waals surface area contributed by atoms with E-state index in [1.165, 1.54) is 20.9 Å². The summed E-state index contributed by atoms with van der Waals surface area (Å²) in [4.78, 5) is 35.4. The van der Waals surface area contributed by atoms with Gasteiger partial charge in [-0.05, 0) is 19.8 Å². The standard InChI is InChI=1S/C12H22N2O4/c1-8(2)6-13-9(15)7-14(5)10(16)12(3,4)11(17)18/h8H,6-7H2,1-5H3,(H,13,15)(H,17,18). The maximum absolute atomic E-state index is 11.8. The molecule has 0 spiro atoms. The van der Waals surface area contributed by atoms with Gasteiger partial charge in [0.15, 0.2) is 0 Å². The summed E-state index contributed by atoms with van der Waals surface area (Å²) in [6, 6.07) is 0. The Kier molecular flexibility index (Phi) is 5.81. The molecule has 0 aliphatic rings. The number of hydrogen-bond acceptors (Lipinski definition) is 3. The summed E-state index contributed by atoms with van der Waals surface area (Å²) in [6.07, 6.45) is 0. The molecule has 0 aromatic heterocycles. The first kappa shape index (κ1) is 16.4. The van der Waals surface area contributed by atoms with Crippen molar-refractivity contribution in [2.45, 2.75) is 27.7 Å². The van der Waals surface area contributed by atoms with Crippen LogP contribution in [-0.2, 0) is 14.4 Å². The van der Waals surface area contributed by atoms with E-state index in [1.807, 2.05) is 13.8 Å². The Hall–Kier alpha value is -1.59. The summed E-state index contributed by atoms with van der Waals surface area (Å²) >= 11 is 0. The molecule has 0 aromatic rings. The number of likely N-dealkylation sites (N-methyl/N-ethyl adjacent to an activating group) is 1. The fourth-order valence-corrected chi connectivity index (χ4v) is 1.23. The number of carboxylic acid groups (broad SMARTS) is 1. The average molecular weight is 258 g/mol. The number of carboxylic acids is 1. The van der Waals surface area contributed by atoms with Crippen LogP contribution in [0.1, 0.15) is 27.7 Å². The van der Waals surface area contributed by atoms with Crippen LogP contribution in [0.2, 0.25) is 0 Å². The molecule has 0 aromatic carbocycles. The van der Waals surface area contributed by atoms with E-state index in [-0.39, 0.29) is 12.5 Å². The van der Waals surface area contributed by atoms with E-state index in [1.54, 1.807) is 0 Å². The molecular weight excluding hydrogens is 236 g/mol. The summed E-state index contributed by atoms with van der Waals surface area (Å²) in [5.74, 6) is -1.76. The summed E-state index contributed by atoms with van der Waals surface area (Å²) in [5.41, 5.74) is -1.52. The molecule has 104 valence electrons. The van der Waals surface area contributed by atoms with Crippen molar-refractivity contribution in [1.82, 2.24) is 10.2 Å². The molecule has 0 fully saturated rings. The highest BCUT2D eigenvalue weighted by atomic mass is 16.4. The molecule has 0 aliphatic carbocycles. The van der Waals surface area contributed by atoms with Gasteiger partial charge in [-0.3, -0.25) is 14.4 Å². The van der Waals surface area contributed by atoms with Crippen molar-refractivity contribution in [3.05, 3.63) is 0 Å². The zero-order valence-electron chi connectivity index (χ0n) is 11.6. The Morgan fingerprint density at radius 2 is 1.78 bits per heavy atom. The van der Waals surface area contributed by atoms with Crippen molar-refractivity contribution >= 4 is 17.8 Å². The molecular formula is C12H22N2O4. The van der Waals surface area contributed by atoms with Gasteiger partial charge in [0.05, 0.1) is 6.54 Å². The topological polar surface area (TPSA) is 86.7 Å². The average Bonchev–Trinajstić information content (AvgIpc) is 2.24. The minimum absolute atomic E-state index is 0.137. The number of aliphatic carboxylic acids is 1. The minimum atomic E-state index is -1.52. The molecule has 0 aliphatic heterocycles. The van der Waals surface area contributed by atoms with Gasteiger partial charge in [0.2, 0.25) is 11.8 Å². The summed E-state index contributed by atoms with van der Waals surface area (Å²) < 4.78 is 0. The number of hydrogen-bond donors (Lipinski definition) is 2. The van der Waals surface area contributed by atoms with Crippen molar-refractivity contribution in [3.8, 4) is 0 Å². The second-order valence-electron chi connectivity index (χ2n) is 5.29. The number of amides is 2. The Bertz CT molecular complexity index is 337. The lowest BCUT2D eigenvalue weighted by Crippen LogP contribution is -2.47. The lowest BCUT2D eigenvalue weighted by atomic mass is 9.92. The quantitative estimate of drug-likeness (QED) is 0.672. The number of rotatable bonds is 6. The van der Waals surface area contributed by atoms with Crippen molar-refractivity contribution in [1.29, 1.82) is 0 Å². The lowest BCUT2D eigenvalue weighted by molar-refractivity contribution is -0.158. The Balaban J connectivity index is 4.41. The van der Waals surface area contributed by atoms with Crippen LogP contribution in [0.4, 0.5) is 0 Å². The van der Waals surface area contributed by atoms with Crippen LogP contribution in [0.5, 0.6) is 0 Å². The Labute approximate surface area is 107 Å². The van der Waals surface area contributed by atoms with E-state index < -0.39 is 17.3 Å². The van der Waals surface area contributed by atoms with Crippen LogP contribution in [0, 0.1) is 11.3 Å². The molecule has 6 nitrogen and oxygen atoms in total. The van der Waals surface area contributed by atoms with Gasteiger partial charge < -0.3 is 15.3 Å². The number of nitrogens with zero attached hydrogens (tertiary/aromatic N) is 1. The minimum Gasteiger partial charge on any atom is -0.480 e. The zero-order valence-corrected chi connectivity index (χ0v) is 11.6. The zero-order chi connectivity index (χ0) is 14.5. The van der Waals surface area contributed by atoms with Crippen LogP contribution in [0.25, 0.3) is 0 Å². The van der Waals surface area contributed by atoms with Gasteiger partial charge in [0, 0.05) is 13.6 Å². The molecule has 0 rings (SSSR count). The van der Waals surface area contributed by atoms with Crippen LogP contribution in [0.15, 0.2) is 0 Å². The number of nitrogens with one attached hydrogen (secondary N) is 1. The third-order valence-electron chi connectivity index (χ3n) is 2.50. The van der Waals surface area contributed by atoms with E-state index in [0.717, 1.165) is 4.90 Å². The third-order valence-corrected chi connectivity index (χ3v) is 2.50. The van der Waals surface area contributed by atoms with Gasteiger partial charge in [-0.2, -0.15) is 0 Å². The largest absolute Gasteiger partial charge is 0.480 e. The van der Waals surface area contributed by atoms with Gasteiger partial charge in [-0.15, -0.1) is 0 Å². The summed E-state index contributed by atoms with van der Waals surface area (Å²) in [5, 5.41) is 11.6. The maximum Gasteiger partial charge on any atom is 0.318 e. The first-order valence-electron chi connectivity index (χ1n) is 5.84. The van der Waals surface area contributed by atoms with Crippen molar-refractivity contribution in [2.75, 3.05) is 20.1 Å². The normalized spacial score (nSPS) is 11.2. The molecule has 2 amide bonds. The van der Waals surface area contributed by atoms with E-state index in [9.17, 15) is 14.4 Å². The van der Waals surface area contributed by atoms with Crippen molar-refractivity contribution in [3.63, 3.8) is 0 Å². The molecule has 0 unspecified atom stereocenters. The predicted molar refractivity (Wildman–Crippen MR) is 66.9 cm³/mol. The van der Waals surface area contributed by atoms with Gasteiger partial charge in [0.25, 0.3) is 0 Å². The van der Waals surface area contributed by atoms with Crippen LogP contribution in [0.3, 0.4) is 0 Å². The van der Waals surface area contributed by atoms with Crippen LogP contribution < -0.4 is 5.32 Å². The van der Waals surface area contributed by atoms with Gasteiger partial charge in [0.1, 0.15) is 5.41 Å². The summed E-state index contributed by atoms with van der Waals surface area (Å²) in [7, 11) is 1.42. The second kappa shape index (κ2) is 6.37. The smallest absolute Gasteiger partial charge is 0.318 e. The molecule has 0 bridgehead atoms. The van der Waals surface area contributed by atoms with Crippen molar-refractivity contribution in [2.24, 2.45) is 11.3 Å². The van der Waals surface area contributed by atoms with Crippen molar-refractivity contribution < 1.29 is 19.5 Å². The molecule has 0 saturated heterocycles. The predicted octanol–water partition coefficient (Wildman–Crippen LogP) is 0.328. The molecule has 18 heavy (non-hydrogen) atoms. The molecule has 0 saturated carbocycles. The van der Waals surface area contributed by atoms with Crippen LogP contribution in [-0.4, -0.2) is 47.9 Å². The monoisotopic (exact) mass is 258 g/mol. The molecule has 0 atom stereocenters.